The molecule has 0 spiro atoms. The number of carbonyl (C=O) groups excluding carboxylic acids is 5. The van der Waals surface area contributed by atoms with Crippen molar-refractivity contribution in [3.63, 3.8) is 0 Å². The average molecular weight is 739 g/mol. The van der Waals surface area contributed by atoms with Crippen molar-refractivity contribution >= 4 is 37.4 Å². The molecule has 3 rings (SSSR count). The molecule has 0 aliphatic heterocycles. The topological polar surface area (TPSA) is 185 Å². The van der Waals surface area contributed by atoms with Crippen LogP contribution in [-0.4, -0.2) is 98.0 Å². The van der Waals surface area contributed by atoms with Gasteiger partial charge < -0.3 is 41.0 Å². The van der Waals surface area contributed by atoms with Gasteiger partial charge in [0.05, 0.1) is 25.7 Å². The molecule has 0 fully saturated rings. The fourth-order valence-corrected chi connectivity index (χ4v) is 5.86. The van der Waals surface area contributed by atoms with Gasteiger partial charge >= 0.3 is 5.97 Å². The fraction of sp³-hybridized carbons (Fsp3) is 0.432. The quantitative estimate of drug-likeness (QED) is 0.0738. The lowest BCUT2D eigenvalue weighted by Gasteiger charge is -2.41. The minimum Gasteiger partial charge on any atom is -0.469 e. The van der Waals surface area contributed by atoms with Crippen LogP contribution in [0.15, 0.2) is 60.8 Å². The highest BCUT2D eigenvalue weighted by Crippen LogP contribution is 2.41. The number of nitrogens with two attached hydrogens (primary N) is 1. The van der Waals surface area contributed by atoms with E-state index in [1.54, 1.807) is 12.3 Å². The van der Waals surface area contributed by atoms with E-state index in [9.17, 15) is 37.9 Å². The summed E-state index contributed by atoms with van der Waals surface area (Å²) in [5, 5.41) is 17.7. The summed E-state index contributed by atoms with van der Waals surface area (Å²) in [7, 11) is 2.75. The Balaban J connectivity index is 1.72. The number of aliphatic hydroxyl groups excluding tert-OH is 1. The highest BCUT2D eigenvalue weighted by atomic mass is 19.1. The summed E-state index contributed by atoms with van der Waals surface area (Å²) in [5.41, 5.74) is 7.55. The number of nitrogens with one attached hydrogen (secondary N) is 3. The monoisotopic (exact) mass is 738 g/mol. The number of amides is 4. The standard InChI is InChI=1S/C37H49BF2N6O7/c1-37(2,3)34(30-16-24(26-17-25(39)10-11-28(26)40)21-45(30)20-23-8-6-5-7-9-23)46(32(49)22-47)15-12-29(41)36(52)43-14-13-42-31(48)19-44-35(51)27(38)18-33(50)53-4/h5-11,16-17,21,27,29,34,47H,12-15,18-20,22,38,41H2,1-4H3,(H,42,48)(H,43,52)(H,44,51)/t27-,29-,34-/m0/s1. The van der Waals surface area contributed by atoms with Gasteiger partial charge in [-0.05, 0) is 41.7 Å². The van der Waals surface area contributed by atoms with E-state index in [1.807, 2.05) is 55.7 Å². The summed E-state index contributed by atoms with van der Waals surface area (Å²) in [6, 6.07) is 12.6. The SMILES string of the molecule is B[C@@H](CC(=O)OC)C(=O)NCC(=O)NCCNC(=O)[C@@H](N)CCN(C(=O)CO)[C@@H](c1cc(-c2cc(F)ccc2F)cn1Cc1ccccc1)C(C)(C)C. The average Bonchev–Trinajstić information content (AvgIpc) is 3.52. The summed E-state index contributed by atoms with van der Waals surface area (Å²) in [4.78, 5) is 63.3. The molecule has 4 amide bonds. The molecule has 0 bridgehead atoms. The molecule has 3 atom stereocenters. The van der Waals surface area contributed by atoms with Gasteiger partial charge in [-0.25, -0.2) is 8.78 Å². The van der Waals surface area contributed by atoms with Crippen LogP contribution in [0.5, 0.6) is 0 Å². The Labute approximate surface area is 309 Å². The molecular formula is C37H49BF2N6O7. The van der Waals surface area contributed by atoms with E-state index in [2.05, 4.69) is 20.7 Å². The first kappa shape index (κ1) is 42.3. The third kappa shape index (κ3) is 12.5. The van der Waals surface area contributed by atoms with Crippen molar-refractivity contribution in [3.8, 4) is 11.1 Å². The smallest absolute Gasteiger partial charge is 0.305 e. The molecule has 0 aliphatic carbocycles. The lowest BCUT2D eigenvalue weighted by molar-refractivity contribution is -0.142. The Bertz CT molecular complexity index is 1730. The predicted octanol–water partition coefficient (Wildman–Crippen LogP) is 1.44. The Hall–Kier alpha value is -5.09. The molecule has 3 aromatic rings. The number of hydrogen-bond acceptors (Lipinski definition) is 8. The van der Waals surface area contributed by atoms with E-state index < -0.39 is 71.2 Å². The molecule has 0 radical (unpaired) electrons. The molecule has 53 heavy (non-hydrogen) atoms. The first-order valence-electron chi connectivity index (χ1n) is 17.3. The largest absolute Gasteiger partial charge is 0.469 e. The van der Waals surface area contributed by atoms with Gasteiger partial charge in [-0.15, -0.1) is 0 Å². The number of nitrogens with zero attached hydrogens (tertiary/aromatic N) is 2. The van der Waals surface area contributed by atoms with Crippen LogP contribution >= 0.6 is 0 Å². The van der Waals surface area contributed by atoms with Crippen molar-refractivity contribution in [3.05, 3.63) is 83.7 Å². The van der Waals surface area contributed by atoms with Crippen LogP contribution in [0.1, 0.15) is 50.9 Å². The number of aromatic nitrogens is 1. The number of hydrogen-bond donors (Lipinski definition) is 5. The maximum Gasteiger partial charge on any atom is 0.305 e. The zero-order valence-corrected chi connectivity index (χ0v) is 30.8. The number of esters is 1. The summed E-state index contributed by atoms with van der Waals surface area (Å²) >= 11 is 0. The van der Waals surface area contributed by atoms with Gasteiger partial charge in [0.15, 0.2) is 0 Å². The molecule has 13 nitrogen and oxygen atoms in total. The van der Waals surface area contributed by atoms with E-state index >= 15 is 0 Å². The molecule has 286 valence electrons. The second-order valence-corrected chi connectivity index (χ2v) is 13.8. The van der Waals surface area contributed by atoms with E-state index in [0.29, 0.717) is 17.8 Å². The molecule has 0 aliphatic rings. The van der Waals surface area contributed by atoms with Gasteiger partial charge in [-0.2, -0.15) is 0 Å². The van der Waals surface area contributed by atoms with Crippen LogP contribution in [0.3, 0.4) is 0 Å². The molecule has 1 heterocycles. The van der Waals surface area contributed by atoms with E-state index in [1.165, 1.54) is 19.9 Å². The lowest BCUT2D eigenvalue weighted by atomic mass is 9.82. The number of methoxy groups -OCH3 is 1. The van der Waals surface area contributed by atoms with Gasteiger partial charge in [0.1, 0.15) is 26.1 Å². The second kappa shape index (κ2) is 19.7. The maximum atomic E-state index is 15.0. The molecule has 1 aromatic heterocycles. The predicted molar refractivity (Wildman–Crippen MR) is 197 cm³/mol. The second-order valence-electron chi connectivity index (χ2n) is 13.8. The van der Waals surface area contributed by atoms with Crippen LogP contribution in [0.4, 0.5) is 8.78 Å². The van der Waals surface area contributed by atoms with Crippen LogP contribution in [-0.2, 0) is 35.3 Å². The van der Waals surface area contributed by atoms with Gasteiger partial charge in [0.2, 0.25) is 23.6 Å². The number of rotatable bonds is 18. The Morgan fingerprint density at radius 3 is 2.30 bits per heavy atom. The Morgan fingerprint density at radius 2 is 1.66 bits per heavy atom. The van der Waals surface area contributed by atoms with Crippen molar-refractivity contribution in [1.82, 2.24) is 25.4 Å². The number of carbonyl (C=O) groups is 5. The van der Waals surface area contributed by atoms with Gasteiger partial charge in [0, 0.05) is 61.4 Å². The van der Waals surface area contributed by atoms with Crippen molar-refractivity contribution < 1.29 is 42.6 Å². The first-order valence-corrected chi connectivity index (χ1v) is 17.3. The fourth-order valence-electron chi connectivity index (χ4n) is 5.86. The van der Waals surface area contributed by atoms with Crippen molar-refractivity contribution in [2.45, 2.75) is 58.1 Å². The lowest BCUT2D eigenvalue weighted by Crippen LogP contribution is -2.48. The van der Waals surface area contributed by atoms with Crippen LogP contribution < -0.4 is 21.7 Å². The zero-order chi connectivity index (χ0) is 39.3. The van der Waals surface area contributed by atoms with Crippen molar-refractivity contribution in [1.29, 1.82) is 0 Å². The summed E-state index contributed by atoms with van der Waals surface area (Å²) < 4.78 is 35.7. The molecule has 0 unspecified atom stereocenters. The van der Waals surface area contributed by atoms with E-state index in [-0.39, 0.29) is 44.6 Å². The van der Waals surface area contributed by atoms with Crippen LogP contribution in [0, 0.1) is 17.0 Å². The third-order valence-corrected chi connectivity index (χ3v) is 8.57. The summed E-state index contributed by atoms with van der Waals surface area (Å²) in [6.07, 6.45) is 1.59. The van der Waals surface area contributed by atoms with E-state index in [0.717, 1.165) is 23.8 Å². The summed E-state index contributed by atoms with van der Waals surface area (Å²) in [5.74, 6) is -4.59. The maximum absolute atomic E-state index is 15.0. The van der Waals surface area contributed by atoms with Gasteiger partial charge in [-0.1, -0.05) is 51.1 Å². The zero-order valence-electron chi connectivity index (χ0n) is 30.8. The van der Waals surface area contributed by atoms with Crippen LogP contribution in [0.2, 0.25) is 5.82 Å². The number of benzene rings is 2. The van der Waals surface area contributed by atoms with E-state index in [4.69, 9.17) is 5.73 Å². The number of aliphatic hydroxyl groups is 1. The molecule has 16 heteroatoms. The van der Waals surface area contributed by atoms with Crippen molar-refractivity contribution in [2.75, 3.05) is 39.9 Å². The van der Waals surface area contributed by atoms with Gasteiger partial charge in [0.25, 0.3) is 0 Å². The molecule has 6 N–H and O–H groups in total. The molecule has 0 saturated heterocycles. The number of halogens is 2. The van der Waals surface area contributed by atoms with Crippen molar-refractivity contribution in [2.24, 2.45) is 11.1 Å². The first-order chi connectivity index (χ1) is 25.0. The summed E-state index contributed by atoms with van der Waals surface area (Å²) in [6.45, 7) is 4.98. The van der Waals surface area contributed by atoms with Gasteiger partial charge in [-0.3, -0.25) is 24.0 Å². The minimum atomic E-state index is -1.07. The van der Waals surface area contributed by atoms with Crippen LogP contribution in [0.25, 0.3) is 11.1 Å². The number of ether oxygens (including phenoxy) is 1. The molecule has 0 saturated carbocycles. The normalized spacial score (nSPS) is 13.0. The highest BCUT2D eigenvalue weighted by molar-refractivity contribution is 6.25. The minimum absolute atomic E-state index is 0.0110. The Kier molecular flexibility index (Phi) is 15.7. The Morgan fingerprint density at radius 1 is 0.981 bits per heavy atom. The highest BCUT2D eigenvalue weighted by Gasteiger charge is 2.37. The molecular weight excluding hydrogens is 689 g/mol. The third-order valence-electron chi connectivity index (χ3n) is 8.57. The molecule has 2 aromatic carbocycles.